The Morgan fingerprint density at radius 1 is 0.939 bits per heavy atom. The van der Waals surface area contributed by atoms with Crippen molar-refractivity contribution in [3.8, 4) is 5.75 Å². The second kappa shape index (κ2) is 8.76. The SMILES string of the molecule is CN(C)S(=O)(=O)c1ccc(OCCN2C(=O)NC(C)(c3ccc(S(C)(=O)=O)cc3)C2=O)cc1. The Morgan fingerprint density at radius 2 is 1.48 bits per heavy atom. The molecule has 1 aliphatic rings. The van der Waals surface area contributed by atoms with Gasteiger partial charge in [0, 0.05) is 20.4 Å². The molecule has 178 valence electrons. The van der Waals surface area contributed by atoms with Crippen molar-refractivity contribution in [1.82, 2.24) is 14.5 Å². The maximum atomic E-state index is 13.0. The van der Waals surface area contributed by atoms with Crippen molar-refractivity contribution in [2.45, 2.75) is 22.3 Å². The van der Waals surface area contributed by atoms with Crippen LogP contribution in [-0.2, 0) is 30.2 Å². The summed E-state index contributed by atoms with van der Waals surface area (Å²) in [6.45, 7) is 1.52. The van der Waals surface area contributed by atoms with E-state index in [1.54, 1.807) is 6.92 Å². The largest absolute Gasteiger partial charge is 0.492 e. The third kappa shape index (κ3) is 4.87. The summed E-state index contributed by atoms with van der Waals surface area (Å²) in [7, 11) is -4.07. The summed E-state index contributed by atoms with van der Waals surface area (Å²) in [4.78, 5) is 26.7. The minimum atomic E-state index is -3.55. The van der Waals surface area contributed by atoms with Crippen molar-refractivity contribution in [2.75, 3.05) is 33.5 Å². The van der Waals surface area contributed by atoms with E-state index in [4.69, 9.17) is 4.74 Å². The number of nitrogens with zero attached hydrogens (tertiary/aromatic N) is 2. The molecule has 0 aromatic heterocycles. The molecule has 12 heteroatoms. The number of rotatable bonds is 8. The summed E-state index contributed by atoms with van der Waals surface area (Å²) in [6, 6.07) is 11.0. The molecule has 1 atom stereocenters. The fourth-order valence-electron chi connectivity index (χ4n) is 3.30. The van der Waals surface area contributed by atoms with E-state index >= 15 is 0 Å². The molecule has 2 aromatic carbocycles. The topological polar surface area (TPSA) is 130 Å². The second-order valence-corrected chi connectivity index (χ2v) is 12.1. The number of imide groups is 1. The van der Waals surface area contributed by atoms with Crippen LogP contribution in [0, 0.1) is 0 Å². The zero-order valence-corrected chi connectivity index (χ0v) is 20.2. The molecular formula is C21H25N3O7S2. The van der Waals surface area contributed by atoms with Gasteiger partial charge in [-0.25, -0.2) is 25.9 Å². The molecule has 0 radical (unpaired) electrons. The number of urea groups is 1. The van der Waals surface area contributed by atoms with Crippen LogP contribution in [0.2, 0.25) is 0 Å². The molecule has 1 N–H and O–H groups in total. The molecular weight excluding hydrogens is 470 g/mol. The maximum Gasteiger partial charge on any atom is 0.325 e. The number of carbonyl (C=O) groups excluding carboxylic acids is 2. The number of sulfonamides is 1. The third-order valence-electron chi connectivity index (χ3n) is 5.32. The Labute approximate surface area is 193 Å². The molecule has 2 aromatic rings. The molecule has 0 bridgehead atoms. The molecule has 1 fully saturated rings. The summed E-state index contributed by atoms with van der Waals surface area (Å²) in [5.74, 6) is -0.102. The Kier molecular flexibility index (Phi) is 6.55. The van der Waals surface area contributed by atoms with Crippen LogP contribution in [0.3, 0.4) is 0 Å². The molecule has 1 aliphatic heterocycles. The van der Waals surface area contributed by atoms with Gasteiger partial charge in [-0.1, -0.05) is 12.1 Å². The van der Waals surface area contributed by atoms with Gasteiger partial charge in [-0.15, -0.1) is 0 Å². The van der Waals surface area contributed by atoms with Crippen molar-refractivity contribution >= 4 is 31.8 Å². The zero-order valence-electron chi connectivity index (χ0n) is 18.6. The van der Waals surface area contributed by atoms with Crippen LogP contribution >= 0.6 is 0 Å². The first-order chi connectivity index (χ1) is 15.3. The molecule has 10 nitrogen and oxygen atoms in total. The Hall–Kier alpha value is -2.96. The van der Waals surface area contributed by atoms with Gasteiger partial charge in [0.05, 0.1) is 16.3 Å². The summed E-state index contributed by atoms with van der Waals surface area (Å²) < 4.78 is 54.2. The highest BCUT2D eigenvalue weighted by molar-refractivity contribution is 7.90. The van der Waals surface area contributed by atoms with Crippen LogP contribution in [0.1, 0.15) is 12.5 Å². The number of hydrogen-bond acceptors (Lipinski definition) is 7. The van der Waals surface area contributed by atoms with Gasteiger partial charge >= 0.3 is 6.03 Å². The highest BCUT2D eigenvalue weighted by Gasteiger charge is 2.48. The molecule has 1 saturated heterocycles. The monoisotopic (exact) mass is 495 g/mol. The highest BCUT2D eigenvalue weighted by Crippen LogP contribution is 2.29. The van der Waals surface area contributed by atoms with Crippen molar-refractivity contribution in [1.29, 1.82) is 0 Å². The lowest BCUT2D eigenvalue weighted by Gasteiger charge is -2.22. The number of hydrogen-bond donors (Lipinski definition) is 1. The van der Waals surface area contributed by atoms with Crippen LogP contribution in [0.25, 0.3) is 0 Å². The summed E-state index contributed by atoms with van der Waals surface area (Å²) in [5, 5.41) is 2.65. The van der Waals surface area contributed by atoms with Gasteiger partial charge in [0.1, 0.15) is 17.9 Å². The zero-order chi connectivity index (χ0) is 24.6. The van der Waals surface area contributed by atoms with Crippen LogP contribution in [0.4, 0.5) is 4.79 Å². The van der Waals surface area contributed by atoms with Gasteiger partial charge in [0.15, 0.2) is 9.84 Å². The van der Waals surface area contributed by atoms with Crippen molar-refractivity contribution in [3.63, 3.8) is 0 Å². The predicted octanol–water partition coefficient (Wildman–Crippen LogP) is 1.19. The van der Waals surface area contributed by atoms with E-state index in [0.29, 0.717) is 11.3 Å². The maximum absolute atomic E-state index is 13.0. The molecule has 1 heterocycles. The lowest BCUT2D eigenvalue weighted by Crippen LogP contribution is -2.41. The van der Waals surface area contributed by atoms with E-state index in [0.717, 1.165) is 15.5 Å². The lowest BCUT2D eigenvalue weighted by molar-refractivity contribution is -0.131. The number of sulfone groups is 1. The highest BCUT2D eigenvalue weighted by atomic mass is 32.2. The van der Waals surface area contributed by atoms with Crippen LogP contribution in [0.5, 0.6) is 5.75 Å². The number of benzene rings is 2. The van der Waals surface area contributed by atoms with Gasteiger partial charge in [-0.3, -0.25) is 9.69 Å². The quantitative estimate of drug-likeness (QED) is 0.544. The molecule has 0 saturated carbocycles. The van der Waals surface area contributed by atoms with Crippen molar-refractivity contribution in [3.05, 3.63) is 54.1 Å². The third-order valence-corrected chi connectivity index (χ3v) is 8.28. The van der Waals surface area contributed by atoms with Gasteiger partial charge in [0.2, 0.25) is 10.0 Å². The Bertz CT molecular complexity index is 1270. The molecule has 33 heavy (non-hydrogen) atoms. The van der Waals surface area contributed by atoms with E-state index in [1.165, 1.54) is 62.6 Å². The van der Waals surface area contributed by atoms with Gasteiger partial charge in [0.25, 0.3) is 5.91 Å². The first kappa shape index (κ1) is 24.7. The van der Waals surface area contributed by atoms with Gasteiger partial charge < -0.3 is 10.1 Å². The van der Waals surface area contributed by atoms with Crippen molar-refractivity contribution < 1.29 is 31.2 Å². The van der Waals surface area contributed by atoms with Crippen molar-refractivity contribution in [2.24, 2.45) is 0 Å². The summed E-state index contributed by atoms with van der Waals surface area (Å²) in [6.07, 6.45) is 1.09. The van der Waals surface area contributed by atoms with Crippen LogP contribution < -0.4 is 10.1 Å². The summed E-state index contributed by atoms with van der Waals surface area (Å²) >= 11 is 0. The number of ether oxygens (including phenoxy) is 1. The van der Waals surface area contributed by atoms with E-state index < -0.39 is 37.3 Å². The first-order valence-corrected chi connectivity index (χ1v) is 13.2. The molecule has 0 spiro atoms. The van der Waals surface area contributed by atoms with E-state index in [9.17, 15) is 26.4 Å². The van der Waals surface area contributed by atoms with E-state index in [-0.39, 0.29) is 22.9 Å². The normalized spacial score (nSPS) is 19.1. The van der Waals surface area contributed by atoms with E-state index in [1.807, 2.05) is 0 Å². The predicted molar refractivity (Wildman–Crippen MR) is 120 cm³/mol. The number of nitrogens with one attached hydrogen (secondary N) is 1. The summed E-state index contributed by atoms with van der Waals surface area (Å²) in [5.41, 5.74) is -0.885. The molecule has 0 aliphatic carbocycles. The smallest absolute Gasteiger partial charge is 0.325 e. The average molecular weight is 496 g/mol. The fraction of sp³-hybridized carbons (Fsp3) is 0.333. The first-order valence-electron chi connectivity index (χ1n) is 9.87. The standard InChI is InChI=1S/C21H25N3O7S2/c1-21(15-5-9-17(10-6-15)32(4,27)28)19(25)24(20(26)22-21)13-14-31-16-7-11-18(12-8-16)33(29,30)23(2)3/h5-12H,13-14H2,1-4H3,(H,22,26). The Morgan fingerprint density at radius 3 is 2.00 bits per heavy atom. The molecule has 3 amide bonds. The minimum Gasteiger partial charge on any atom is -0.492 e. The van der Waals surface area contributed by atoms with E-state index in [2.05, 4.69) is 5.32 Å². The van der Waals surface area contributed by atoms with Crippen LogP contribution in [0.15, 0.2) is 58.3 Å². The second-order valence-electron chi connectivity index (χ2n) is 7.92. The number of amides is 3. The van der Waals surface area contributed by atoms with Gasteiger partial charge in [-0.2, -0.15) is 0 Å². The molecule has 3 rings (SSSR count). The number of carbonyl (C=O) groups is 2. The van der Waals surface area contributed by atoms with Crippen LogP contribution in [-0.4, -0.2) is 71.5 Å². The van der Waals surface area contributed by atoms with Gasteiger partial charge in [-0.05, 0) is 48.9 Å². The average Bonchev–Trinajstić information content (AvgIpc) is 2.97. The minimum absolute atomic E-state index is 0.00202. The lowest BCUT2D eigenvalue weighted by atomic mass is 9.92. The Balaban J connectivity index is 1.66. The molecule has 1 unspecified atom stereocenters. The fourth-order valence-corrected chi connectivity index (χ4v) is 4.84.